The van der Waals surface area contributed by atoms with Crippen LogP contribution in [0.25, 0.3) is 0 Å². The highest BCUT2D eigenvalue weighted by atomic mass is 14.9. The summed E-state index contributed by atoms with van der Waals surface area (Å²) in [6.45, 7) is 10.2. The van der Waals surface area contributed by atoms with Gasteiger partial charge >= 0.3 is 0 Å². The van der Waals surface area contributed by atoms with Gasteiger partial charge in [-0.15, -0.1) is 0 Å². The molecule has 1 nitrogen and oxygen atoms in total. The molecule has 1 aromatic rings. The van der Waals surface area contributed by atoms with Gasteiger partial charge in [-0.2, -0.15) is 0 Å². The van der Waals surface area contributed by atoms with E-state index in [9.17, 15) is 0 Å². The van der Waals surface area contributed by atoms with Crippen LogP contribution < -0.4 is 5.32 Å². The average molecular weight is 217 g/mol. The number of rotatable bonds is 2. The third-order valence-corrected chi connectivity index (χ3v) is 3.71. The van der Waals surface area contributed by atoms with Crippen LogP contribution in [0.4, 0.5) is 0 Å². The summed E-state index contributed by atoms with van der Waals surface area (Å²) in [4.78, 5) is 0. The Morgan fingerprint density at radius 1 is 1.19 bits per heavy atom. The SMILES string of the molecule is CC(C)c1cccc2c1CC(C(C)C)NC2. The van der Waals surface area contributed by atoms with Gasteiger partial charge in [-0.3, -0.25) is 0 Å². The summed E-state index contributed by atoms with van der Waals surface area (Å²) in [6.07, 6.45) is 1.20. The van der Waals surface area contributed by atoms with Crippen LogP contribution in [0.15, 0.2) is 18.2 Å². The van der Waals surface area contributed by atoms with Gasteiger partial charge in [-0.05, 0) is 34.9 Å². The molecule has 1 aromatic carbocycles. The number of nitrogens with one attached hydrogen (secondary N) is 1. The smallest absolute Gasteiger partial charge is 0.0211 e. The van der Waals surface area contributed by atoms with E-state index >= 15 is 0 Å². The molecule has 88 valence electrons. The van der Waals surface area contributed by atoms with E-state index in [1.165, 1.54) is 12.0 Å². The van der Waals surface area contributed by atoms with E-state index in [1.807, 2.05) is 0 Å². The van der Waals surface area contributed by atoms with E-state index in [1.54, 1.807) is 11.1 Å². The Labute approximate surface area is 99.3 Å². The normalized spacial score (nSPS) is 20.2. The van der Waals surface area contributed by atoms with Gasteiger partial charge in [0, 0.05) is 12.6 Å². The third kappa shape index (κ3) is 2.15. The van der Waals surface area contributed by atoms with Crippen LogP contribution in [-0.4, -0.2) is 6.04 Å². The summed E-state index contributed by atoms with van der Waals surface area (Å²) in [6, 6.07) is 7.41. The van der Waals surface area contributed by atoms with Crippen molar-refractivity contribution in [3.63, 3.8) is 0 Å². The fourth-order valence-corrected chi connectivity index (χ4v) is 2.61. The molecular formula is C15H23N. The van der Waals surface area contributed by atoms with Crippen LogP contribution in [0, 0.1) is 5.92 Å². The molecule has 1 atom stereocenters. The largest absolute Gasteiger partial charge is 0.309 e. The fourth-order valence-electron chi connectivity index (χ4n) is 2.61. The van der Waals surface area contributed by atoms with Gasteiger partial charge in [0.15, 0.2) is 0 Å². The van der Waals surface area contributed by atoms with E-state index in [2.05, 4.69) is 51.2 Å². The Kier molecular flexibility index (Phi) is 3.34. The van der Waals surface area contributed by atoms with Gasteiger partial charge in [0.25, 0.3) is 0 Å². The second-order valence-electron chi connectivity index (χ2n) is 5.58. The number of hydrogen-bond donors (Lipinski definition) is 1. The zero-order chi connectivity index (χ0) is 11.7. The minimum atomic E-state index is 0.640. The molecular weight excluding hydrogens is 194 g/mol. The molecule has 1 N–H and O–H groups in total. The Morgan fingerprint density at radius 2 is 1.94 bits per heavy atom. The van der Waals surface area contributed by atoms with Crippen molar-refractivity contribution in [3.05, 3.63) is 34.9 Å². The van der Waals surface area contributed by atoms with Gasteiger partial charge < -0.3 is 5.32 Å². The quantitative estimate of drug-likeness (QED) is 0.799. The first-order valence-corrected chi connectivity index (χ1v) is 6.43. The van der Waals surface area contributed by atoms with Gasteiger partial charge in [0.1, 0.15) is 0 Å². The predicted octanol–water partition coefficient (Wildman–Crippen LogP) is 3.48. The number of hydrogen-bond acceptors (Lipinski definition) is 1. The zero-order valence-corrected chi connectivity index (χ0v) is 10.9. The Balaban J connectivity index is 2.34. The standard InChI is InChI=1S/C15H23N/c1-10(2)13-7-5-6-12-9-16-15(11(3)4)8-14(12)13/h5-7,10-11,15-16H,8-9H2,1-4H3. The lowest BCUT2D eigenvalue weighted by Crippen LogP contribution is -2.39. The molecule has 1 aliphatic heterocycles. The highest BCUT2D eigenvalue weighted by Gasteiger charge is 2.22. The molecule has 1 aliphatic rings. The second kappa shape index (κ2) is 4.58. The van der Waals surface area contributed by atoms with Crippen LogP contribution >= 0.6 is 0 Å². The van der Waals surface area contributed by atoms with Gasteiger partial charge in [0.05, 0.1) is 0 Å². The number of fused-ring (bicyclic) bond motifs is 1. The van der Waals surface area contributed by atoms with E-state index in [-0.39, 0.29) is 0 Å². The molecule has 0 aromatic heterocycles. The van der Waals surface area contributed by atoms with Crippen molar-refractivity contribution >= 4 is 0 Å². The van der Waals surface area contributed by atoms with E-state index in [0.29, 0.717) is 17.9 Å². The molecule has 0 saturated carbocycles. The topological polar surface area (TPSA) is 12.0 Å². The van der Waals surface area contributed by atoms with E-state index < -0.39 is 0 Å². The van der Waals surface area contributed by atoms with Crippen molar-refractivity contribution in [1.82, 2.24) is 5.32 Å². The van der Waals surface area contributed by atoms with E-state index in [0.717, 1.165) is 6.54 Å². The summed E-state index contributed by atoms with van der Waals surface area (Å²) in [7, 11) is 0. The molecule has 1 unspecified atom stereocenters. The van der Waals surface area contributed by atoms with Crippen molar-refractivity contribution in [2.24, 2.45) is 5.92 Å². The van der Waals surface area contributed by atoms with Crippen molar-refractivity contribution in [2.45, 2.75) is 52.6 Å². The molecule has 0 aliphatic carbocycles. The second-order valence-corrected chi connectivity index (χ2v) is 5.58. The molecule has 0 fully saturated rings. The molecule has 16 heavy (non-hydrogen) atoms. The highest BCUT2D eigenvalue weighted by Crippen LogP contribution is 2.28. The van der Waals surface area contributed by atoms with Crippen molar-refractivity contribution < 1.29 is 0 Å². The molecule has 1 heteroatoms. The molecule has 0 bridgehead atoms. The van der Waals surface area contributed by atoms with Gasteiger partial charge in [-0.1, -0.05) is 45.9 Å². The molecule has 0 spiro atoms. The van der Waals surface area contributed by atoms with Gasteiger partial charge in [0.2, 0.25) is 0 Å². The number of benzene rings is 1. The third-order valence-electron chi connectivity index (χ3n) is 3.71. The highest BCUT2D eigenvalue weighted by molar-refractivity contribution is 5.39. The predicted molar refractivity (Wildman–Crippen MR) is 69.7 cm³/mol. The van der Waals surface area contributed by atoms with Crippen LogP contribution in [0.5, 0.6) is 0 Å². The summed E-state index contributed by atoms with van der Waals surface area (Å²) in [5.41, 5.74) is 4.66. The zero-order valence-electron chi connectivity index (χ0n) is 10.9. The summed E-state index contributed by atoms with van der Waals surface area (Å²) < 4.78 is 0. The van der Waals surface area contributed by atoms with Crippen LogP contribution in [0.2, 0.25) is 0 Å². The lowest BCUT2D eigenvalue weighted by molar-refractivity contribution is 0.376. The van der Waals surface area contributed by atoms with Crippen LogP contribution in [0.3, 0.4) is 0 Å². The van der Waals surface area contributed by atoms with Crippen molar-refractivity contribution in [1.29, 1.82) is 0 Å². The van der Waals surface area contributed by atoms with E-state index in [4.69, 9.17) is 0 Å². The first-order valence-electron chi connectivity index (χ1n) is 6.43. The first kappa shape index (κ1) is 11.7. The van der Waals surface area contributed by atoms with Crippen molar-refractivity contribution in [3.8, 4) is 0 Å². The molecule has 2 rings (SSSR count). The monoisotopic (exact) mass is 217 g/mol. The Morgan fingerprint density at radius 3 is 2.56 bits per heavy atom. The Hall–Kier alpha value is -0.820. The van der Waals surface area contributed by atoms with Crippen LogP contribution in [-0.2, 0) is 13.0 Å². The minimum Gasteiger partial charge on any atom is -0.309 e. The first-order chi connectivity index (χ1) is 7.59. The van der Waals surface area contributed by atoms with Crippen molar-refractivity contribution in [2.75, 3.05) is 0 Å². The molecule has 1 heterocycles. The maximum absolute atomic E-state index is 3.64. The minimum absolute atomic E-state index is 0.640. The average Bonchev–Trinajstić information content (AvgIpc) is 2.27. The molecule has 0 saturated heterocycles. The summed E-state index contributed by atoms with van der Waals surface area (Å²) >= 11 is 0. The lowest BCUT2D eigenvalue weighted by Gasteiger charge is -2.31. The Bertz CT molecular complexity index is 366. The summed E-state index contributed by atoms with van der Waals surface area (Å²) in [5.74, 6) is 1.36. The maximum atomic E-state index is 3.64. The fraction of sp³-hybridized carbons (Fsp3) is 0.600. The van der Waals surface area contributed by atoms with Gasteiger partial charge in [-0.25, -0.2) is 0 Å². The molecule has 0 radical (unpaired) electrons. The van der Waals surface area contributed by atoms with Crippen LogP contribution in [0.1, 0.15) is 50.3 Å². The maximum Gasteiger partial charge on any atom is 0.0211 e. The molecule has 0 amide bonds. The lowest BCUT2D eigenvalue weighted by atomic mass is 9.84. The summed E-state index contributed by atoms with van der Waals surface area (Å²) in [5, 5.41) is 3.64.